The van der Waals surface area contributed by atoms with Crippen molar-refractivity contribution in [3.63, 3.8) is 0 Å². The molecule has 2 heterocycles. The minimum atomic E-state index is -0.960. The van der Waals surface area contributed by atoms with Crippen molar-refractivity contribution in [1.82, 2.24) is 10.2 Å². The van der Waals surface area contributed by atoms with Crippen LogP contribution in [0.1, 0.15) is 64.1 Å². The summed E-state index contributed by atoms with van der Waals surface area (Å²) in [6.07, 6.45) is 2.21. The Bertz CT molecular complexity index is 884. The smallest absolute Gasteiger partial charge is 0.407 e. The average molecular weight is 477 g/mol. The molecule has 3 unspecified atom stereocenters. The van der Waals surface area contributed by atoms with Crippen molar-refractivity contribution in [3.8, 4) is 11.5 Å². The van der Waals surface area contributed by atoms with Crippen LogP contribution in [0, 0.1) is 17.8 Å². The molecule has 0 aliphatic carbocycles. The molecule has 1 fully saturated rings. The van der Waals surface area contributed by atoms with Crippen molar-refractivity contribution in [3.05, 3.63) is 23.3 Å². The van der Waals surface area contributed by atoms with Gasteiger partial charge in [0.05, 0.1) is 27.2 Å². The number of alkyl carbamates (subject to hydrolysis) is 1. The molecular weight excluding hydrogens is 436 g/mol. The summed E-state index contributed by atoms with van der Waals surface area (Å²) in [4.78, 5) is 26.1. The number of hydrogen-bond acceptors (Lipinski definition) is 6. The number of nitrogens with zero attached hydrogens (tertiary/aromatic N) is 1. The molecule has 1 aromatic rings. The van der Waals surface area contributed by atoms with Gasteiger partial charge in [-0.25, -0.2) is 4.79 Å². The summed E-state index contributed by atoms with van der Waals surface area (Å²) in [5, 5.41) is 11.8. The molecule has 8 nitrogen and oxygen atoms in total. The minimum Gasteiger partial charge on any atom is -0.493 e. The molecule has 8 heteroatoms. The van der Waals surface area contributed by atoms with Crippen LogP contribution in [0.25, 0.3) is 0 Å². The van der Waals surface area contributed by atoms with E-state index in [1.807, 2.05) is 0 Å². The van der Waals surface area contributed by atoms with Crippen LogP contribution in [0.3, 0.4) is 0 Å². The number of ether oxygens (including phenoxy) is 3. The number of piperidine rings is 1. The summed E-state index contributed by atoms with van der Waals surface area (Å²) in [5.74, 6) is 1.73. The number of methoxy groups -OCH3 is 2. The molecule has 3 rings (SSSR count). The van der Waals surface area contributed by atoms with Gasteiger partial charge in [-0.05, 0) is 74.1 Å². The first kappa shape index (κ1) is 26.1. The topological polar surface area (TPSA) is 97.3 Å². The number of rotatable bonds is 9. The molecule has 2 aliphatic heterocycles. The molecule has 0 spiro atoms. The van der Waals surface area contributed by atoms with Gasteiger partial charge in [-0.15, -0.1) is 0 Å². The van der Waals surface area contributed by atoms with Gasteiger partial charge in [0.15, 0.2) is 11.5 Å². The maximum absolute atomic E-state index is 12.5. The predicted molar refractivity (Wildman–Crippen MR) is 129 cm³/mol. The highest BCUT2D eigenvalue weighted by Gasteiger charge is 2.40. The highest BCUT2D eigenvalue weighted by molar-refractivity contribution is 5.72. The molecule has 2 aliphatic rings. The van der Waals surface area contributed by atoms with Crippen molar-refractivity contribution < 1.29 is 28.9 Å². The number of carboxylic acids is 1. The van der Waals surface area contributed by atoms with Crippen LogP contribution < -0.4 is 14.8 Å². The van der Waals surface area contributed by atoms with E-state index in [4.69, 9.17) is 19.3 Å². The van der Waals surface area contributed by atoms with E-state index >= 15 is 0 Å². The highest BCUT2D eigenvalue weighted by Crippen LogP contribution is 2.45. The second-order valence-corrected chi connectivity index (χ2v) is 10.7. The Hall–Kier alpha value is -2.48. The SMILES string of the molecule is COc1cc2c(cc1OC)C1CC(COC(=O)NC(C)(C)CC(=O)O)C(CC(C)C)CN1CC2. The molecule has 0 aromatic heterocycles. The lowest BCUT2D eigenvalue weighted by Gasteiger charge is -2.47. The first-order valence-electron chi connectivity index (χ1n) is 12.2. The van der Waals surface area contributed by atoms with E-state index in [-0.39, 0.29) is 18.4 Å². The fourth-order valence-corrected chi connectivity index (χ4v) is 5.50. The van der Waals surface area contributed by atoms with Crippen LogP contribution in [0.5, 0.6) is 11.5 Å². The first-order chi connectivity index (χ1) is 16.0. The largest absolute Gasteiger partial charge is 0.493 e. The Morgan fingerprint density at radius 3 is 2.47 bits per heavy atom. The predicted octanol–water partition coefficient (Wildman–Crippen LogP) is 4.26. The van der Waals surface area contributed by atoms with Gasteiger partial charge >= 0.3 is 12.1 Å². The van der Waals surface area contributed by atoms with Crippen molar-refractivity contribution in [2.24, 2.45) is 17.8 Å². The fourth-order valence-electron chi connectivity index (χ4n) is 5.50. The van der Waals surface area contributed by atoms with E-state index in [1.165, 1.54) is 11.1 Å². The van der Waals surface area contributed by atoms with E-state index in [2.05, 4.69) is 36.2 Å². The summed E-state index contributed by atoms with van der Waals surface area (Å²) >= 11 is 0. The number of benzene rings is 1. The highest BCUT2D eigenvalue weighted by atomic mass is 16.5. The van der Waals surface area contributed by atoms with Crippen LogP contribution in [0.2, 0.25) is 0 Å². The number of nitrogens with one attached hydrogen (secondary N) is 1. The van der Waals surface area contributed by atoms with Crippen LogP contribution in [0.15, 0.2) is 12.1 Å². The second kappa shape index (κ2) is 10.8. The van der Waals surface area contributed by atoms with E-state index in [9.17, 15) is 9.59 Å². The Labute approximate surface area is 202 Å². The lowest BCUT2D eigenvalue weighted by atomic mass is 9.74. The lowest BCUT2D eigenvalue weighted by Crippen LogP contribution is -2.48. The van der Waals surface area contributed by atoms with Crippen molar-refractivity contribution in [1.29, 1.82) is 0 Å². The number of amides is 1. The van der Waals surface area contributed by atoms with E-state index in [0.717, 1.165) is 43.9 Å². The normalized spacial score (nSPS) is 22.5. The van der Waals surface area contributed by atoms with Crippen LogP contribution in [0.4, 0.5) is 4.79 Å². The van der Waals surface area contributed by atoms with Gasteiger partial charge in [0.1, 0.15) is 0 Å². The lowest BCUT2D eigenvalue weighted by molar-refractivity contribution is -0.138. The van der Waals surface area contributed by atoms with Crippen molar-refractivity contribution in [2.45, 2.75) is 65.0 Å². The van der Waals surface area contributed by atoms with Crippen molar-refractivity contribution >= 4 is 12.1 Å². The summed E-state index contributed by atoms with van der Waals surface area (Å²) in [7, 11) is 3.32. The zero-order chi connectivity index (χ0) is 25.0. The third-order valence-corrected chi connectivity index (χ3v) is 7.01. The molecule has 34 heavy (non-hydrogen) atoms. The second-order valence-electron chi connectivity index (χ2n) is 10.7. The Kier molecular flexibility index (Phi) is 8.34. The van der Waals surface area contributed by atoms with Crippen LogP contribution in [-0.2, 0) is 16.0 Å². The Morgan fingerprint density at radius 2 is 1.85 bits per heavy atom. The Morgan fingerprint density at radius 1 is 1.18 bits per heavy atom. The molecule has 1 aromatic carbocycles. The maximum atomic E-state index is 12.5. The molecule has 0 radical (unpaired) electrons. The van der Waals surface area contributed by atoms with Crippen LogP contribution in [-0.4, -0.2) is 61.5 Å². The third-order valence-electron chi connectivity index (χ3n) is 7.01. The minimum absolute atomic E-state index is 0.166. The summed E-state index contributed by atoms with van der Waals surface area (Å²) in [6, 6.07) is 4.44. The molecule has 2 N–H and O–H groups in total. The molecule has 1 amide bonds. The zero-order valence-electron chi connectivity index (χ0n) is 21.3. The average Bonchev–Trinajstić information content (AvgIpc) is 2.74. The number of carboxylic acid groups (broad SMARTS) is 1. The molecule has 0 bridgehead atoms. The number of carbonyl (C=O) groups excluding carboxylic acids is 1. The molecule has 1 saturated heterocycles. The van der Waals surface area contributed by atoms with Gasteiger partial charge in [-0.3, -0.25) is 9.69 Å². The molecule has 190 valence electrons. The summed E-state index contributed by atoms with van der Waals surface area (Å²) in [5.41, 5.74) is 1.68. The molecule has 0 saturated carbocycles. The first-order valence-corrected chi connectivity index (χ1v) is 12.2. The standard InChI is InChI=1S/C26H40N2O6/c1-16(2)9-18-14-28-8-7-17-11-22(32-5)23(33-6)12-20(17)21(28)10-19(18)15-34-25(31)27-26(3,4)13-24(29)30/h11-12,16,18-19,21H,7-10,13-15H2,1-6H3,(H,27,31)(H,29,30). The van der Waals surface area contributed by atoms with Crippen molar-refractivity contribution in [2.75, 3.05) is 33.9 Å². The quantitative estimate of drug-likeness (QED) is 0.549. The van der Waals surface area contributed by atoms with E-state index in [0.29, 0.717) is 18.4 Å². The summed E-state index contributed by atoms with van der Waals surface area (Å²) < 4.78 is 16.7. The van der Waals surface area contributed by atoms with Gasteiger partial charge in [0.25, 0.3) is 0 Å². The van der Waals surface area contributed by atoms with Gasteiger partial charge in [0.2, 0.25) is 0 Å². The maximum Gasteiger partial charge on any atom is 0.407 e. The summed E-state index contributed by atoms with van der Waals surface area (Å²) in [6.45, 7) is 10.1. The molecule has 3 atom stereocenters. The molecular formula is C26H40N2O6. The van der Waals surface area contributed by atoms with E-state index < -0.39 is 17.6 Å². The van der Waals surface area contributed by atoms with Gasteiger partial charge in [-0.1, -0.05) is 13.8 Å². The van der Waals surface area contributed by atoms with Gasteiger partial charge in [-0.2, -0.15) is 0 Å². The van der Waals surface area contributed by atoms with Gasteiger partial charge < -0.3 is 24.6 Å². The monoisotopic (exact) mass is 476 g/mol. The third kappa shape index (κ3) is 6.34. The van der Waals surface area contributed by atoms with Gasteiger partial charge in [0, 0.05) is 24.7 Å². The number of hydrogen-bond donors (Lipinski definition) is 2. The van der Waals surface area contributed by atoms with Crippen LogP contribution >= 0.6 is 0 Å². The Balaban J connectivity index is 1.76. The number of aliphatic carboxylic acids is 1. The fraction of sp³-hybridized carbons (Fsp3) is 0.692. The van der Waals surface area contributed by atoms with E-state index in [1.54, 1.807) is 28.1 Å². The number of fused-ring (bicyclic) bond motifs is 3. The number of carbonyl (C=O) groups is 2. The zero-order valence-corrected chi connectivity index (χ0v) is 21.3.